The lowest BCUT2D eigenvalue weighted by Gasteiger charge is -1.86. The first kappa shape index (κ1) is 6.45. The lowest BCUT2D eigenvalue weighted by molar-refractivity contribution is 0.763. The van der Waals surface area contributed by atoms with E-state index in [2.05, 4.69) is 19.1 Å². The predicted molar refractivity (Wildman–Crippen MR) is 43.8 cm³/mol. The Labute approximate surface area is 63.3 Å². The molecule has 0 aromatic carbocycles. The minimum Gasteiger partial charge on any atom is -0.0880 e. The van der Waals surface area contributed by atoms with Gasteiger partial charge in [-0.15, -0.1) is 0 Å². The van der Waals surface area contributed by atoms with Crippen LogP contribution in [-0.4, -0.2) is 0 Å². The quantitative estimate of drug-likeness (QED) is 0.523. The van der Waals surface area contributed by atoms with Gasteiger partial charge in [-0.1, -0.05) is 19.1 Å². The minimum absolute atomic E-state index is 0.981. The Morgan fingerprint density at radius 1 is 1.40 bits per heavy atom. The van der Waals surface area contributed by atoms with Crippen LogP contribution in [0.5, 0.6) is 0 Å². The predicted octanol–water partition coefficient (Wildman–Crippen LogP) is 3.00. The van der Waals surface area contributed by atoms with Crippen LogP contribution in [0.3, 0.4) is 0 Å². The van der Waals surface area contributed by atoms with Crippen molar-refractivity contribution in [2.24, 2.45) is 17.8 Å². The summed E-state index contributed by atoms with van der Waals surface area (Å²) in [6.45, 7) is 2.36. The van der Waals surface area contributed by atoms with Crippen molar-refractivity contribution in [2.45, 2.75) is 32.6 Å². The molecular formula is C10H16. The molecule has 2 aliphatic rings. The molecule has 10 heavy (non-hydrogen) atoms. The normalized spacial score (nSPS) is 38.9. The second-order valence-electron chi connectivity index (χ2n) is 3.97. The Bertz CT molecular complexity index is 142. The molecule has 2 saturated carbocycles. The molecule has 56 valence electrons. The monoisotopic (exact) mass is 136 g/mol. The molecule has 0 heterocycles. The Morgan fingerprint density at radius 3 is 2.60 bits per heavy atom. The van der Waals surface area contributed by atoms with Gasteiger partial charge >= 0.3 is 0 Å². The van der Waals surface area contributed by atoms with E-state index < -0.39 is 0 Å². The summed E-state index contributed by atoms with van der Waals surface area (Å²) in [5, 5.41) is 0. The van der Waals surface area contributed by atoms with E-state index in [1.807, 2.05) is 0 Å². The fourth-order valence-corrected chi connectivity index (χ4v) is 1.46. The summed E-state index contributed by atoms with van der Waals surface area (Å²) in [4.78, 5) is 0. The SMILES string of the molecule is C[C@H]1C[C@@H]1C/C=C\C1CC1. The molecule has 0 bridgehead atoms. The van der Waals surface area contributed by atoms with Crippen LogP contribution >= 0.6 is 0 Å². The highest BCUT2D eigenvalue weighted by Crippen LogP contribution is 2.41. The van der Waals surface area contributed by atoms with E-state index in [0.717, 1.165) is 17.8 Å². The molecule has 0 N–H and O–H groups in total. The first-order chi connectivity index (χ1) is 4.86. The largest absolute Gasteiger partial charge is 0.0880 e. The van der Waals surface area contributed by atoms with Crippen molar-refractivity contribution >= 4 is 0 Å². The molecule has 2 aliphatic carbocycles. The van der Waals surface area contributed by atoms with Crippen molar-refractivity contribution in [1.29, 1.82) is 0 Å². The molecule has 0 amide bonds. The van der Waals surface area contributed by atoms with Gasteiger partial charge in [-0.25, -0.2) is 0 Å². The summed E-state index contributed by atoms with van der Waals surface area (Å²) in [5.41, 5.74) is 0. The molecule has 0 nitrogen and oxygen atoms in total. The number of allylic oxidation sites excluding steroid dienone is 2. The van der Waals surface area contributed by atoms with Gasteiger partial charge in [0.1, 0.15) is 0 Å². The minimum atomic E-state index is 0.981. The molecule has 0 saturated heterocycles. The molecule has 0 spiro atoms. The van der Waals surface area contributed by atoms with Gasteiger partial charge in [0.05, 0.1) is 0 Å². The fourth-order valence-electron chi connectivity index (χ4n) is 1.46. The van der Waals surface area contributed by atoms with Gasteiger partial charge in [0.2, 0.25) is 0 Å². The van der Waals surface area contributed by atoms with Crippen molar-refractivity contribution in [3.05, 3.63) is 12.2 Å². The molecule has 0 unspecified atom stereocenters. The highest BCUT2D eigenvalue weighted by molar-refractivity contribution is 4.99. The van der Waals surface area contributed by atoms with Crippen molar-refractivity contribution in [3.63, 3.8) is 0 Å². The molecule has 0 radical (unpaired) electrons. The van der Waals surface area contributed by atoms with Crippen LogP contribution in [0.15, 0.2) is 12.2 Å². The van der Waals surface area contributed by atoms with E-state index in [4.69, 9.17) is 0 Å². The molecule has 2 fully saturated rings. The third-order valence-electron chi connectivity index (χ3n) is 2.75. The zero-order valence-corrected chi connectivity index (χ0v) is 6.72. The van der Waals surface area contributed by atoms with E-state index in [9.17, 15) is 0 Å². The van der Waals surface area contributed by atoms with Gasteiger partial charge in [0, 0.05) is 0 Å². The summed E-state index contributed by atoms with van der Waals surface area (Å²) in [5.74, 6) is 3.06. The lowest BCUT2D eigenvalue weighted by Crippen LogP contribution is -1.73. The highest BCUT2D eigenvalue weighted by atomic mass is 14.4. The molecule has 0 aliphatic heterocycles. The van der Waals surface area contributed by atoms with Crippen LogP contribution in [0.4, 0.5) is 0 Å². The Balaban J connectivity index is 1.62. The summed E-state index contributed by atoms with van der Waals surface area (Å²) in [6.07, 6.45) is 10.6. The van der Waals surface area contributed by atoms with Crippen LogP contribution < -0.4 is 0 Å². The molecule has 0 aromatic rings. The zero-order valence-electron chi connectivity index (χ0n) is 6.72. The summed E-state index contributed by atoms with van der Waals surface area (Å²) >= 11 is 0. The number of hydrogen-bond donors (Lipinski definition) is 0. The average molecular weight is 136 g/mol. The van der Waals surface area contributed by atoms with E-state index in [1.54, 1.807) is 0 Å². The molecule has 2 rings (SSSR count). The fraction of sp³-hybridized carbons (Fsp3) is 0.800. The average Bonchev–Trinajstić information content (AvgIpc) is 2.73. The van der Waals surface area contributed by atoms with Crippen molar-refractivity contribution in [1.82, 2.24) is 0 Å². The molecule has 0 heteroatoms. The Morgan fingerprint density at radius 2 is 2.10 bits per heavy atom. The van der Waals surface area contributed by atoms with Crippen LogP contribution in [0.25, 0.3) is 0 Å². The first-order valence-electron chi connectivity index (χ1n) is 4.53. The maximum Gasteiger partial charge on any atom is -0.0233 e. The number of rotatable bonds is 3. The van der Waals surface area contributed by atoms with Crippen molar-refractivity contribution in [3.8, 4) is 0 Å². The zero-order chi connectivity index (χ0) is 6.97. The van der Waals surface area contributed by atoms with E-state index in [1.165, 1.54) is 25.7 Å². The first-order valence-corrected chi connectivity index (χ1v) is 4.53. The van der Waals surface area contributed by atoms with Crippen molar-refractivity contribution in [2.75, 3.05) is 0 Å². The van der Waals surface area contributed by atoms with Crippen LogP contribution in [-0.2, 0) is 0 Å². The Kier molecular flexibility index (Phi) is 1.55. The van der Waals surface area contributed by atoms with Gasteiger partial charge in [0.15, 0.2) is 0 Å². The topological polar surface area (TPSA) is 0 Å². The third-order valence-corrected chi connectivity index (χ3v) is 2.75. The molecule has 0 aromatic heterocycles. The lowest BCUT2D eigenvalue weighted by atomic mass is 10.2. The number of hydrogen-bond acceptors (Lipinski definition) is 0. The Hall–Kier alpha value is -0.260. The van der Waals surface area contributed by atoms with Gasteiger partial charge in [0.25, 0.3) is 0 Å². The maximum absolute atomic E-state index is 2.42. The van der Waals surface area contributed by atoms with E-state index in [-0.39, 0.29) is 0 Å². The van der Waals surface area contributed by atoms with Crippen LogP contribution in [0.2, 0.25) is 0 Å². The second-order valence-corrected chi connectivity index (χ2v) is 3.97. The van der Waals surface area contributed by atoms with Gasteiger partial charge in [-0.2, -0.15) is 0 Å². The molecule has 2 atom stereocenters. The summed E-state index contributed by atoms with van der Waals surface area (Å²) in [6, 6.07) is 0. The molecular weight excluding hydrogens is 120 g/mol. The standard InChI is InChI=1S/C10H16/c1-8-7-10(8)4-2-3-9-5-6-9/h2-3,8-10H,4-7H2,1H3/b3-2-/t8-,10-/m0/s1. The summed E-state index contributed by atoms with van der Waals surface area (Å²) in [7, 11) is 0. The maximum atomic E-state index is 2.42. The van der Waals surface area contributed by atoms with E-state index >= 15 is 0 Å². The smallest absolute Gasteiger partial charge is 0.0233 e. The third kappa shape index (κ3) is 1.62. The van der Waals surface area contributed by atoms with Gasteiger partial charge in [-0.3, -0.25) is 0 Å². The second kappa shape index (κ2) is 2.41. The van der Waals surface area contributed by atoms with Gasteiger partial charge in [-0.05, 0) is 43.4 Å². The van der Waals surface area contributed by atoms with Crippen LogP contribution in [0, 0.1) is 17.8 Å². The van der Waals surface area contributed by atoms with Crippen LogP contribution in [0.1, 0.15) is 32.6 Å². The summed E-state index contributed by atoms with van der Waals surface area (Å²) < 4.78 is 0. The van der Waals surface area contributed by atoms with Gasteiger partial charge < -0.3 is 0 Å². The highest BCUT2D eigenvalue weighted by Gasteiger charge is 2.30. The van der Waals surface area contributed by atoms with Crippen molar-refractivity contribution < 1.29 is 0 Å². The van der Waals surface area contributed by atoms with E-state index in [0.29, 0.717) is 0 Å².